The highest BCUT2D eigenvalue weighted by molar-refractivity contribution is 5.64. The number of carbonyl (C=O) groups excluding carboxylic acids is 1. The smallest absolute Gasteiger partial charge is 0.404 e. The molecular formula is C18H18N2O2. The van der Waals surface area contributed by atoms with E-state index in [9.17, 15) is 10.1 Å². The van der Waals surface area contributed by atoms with Gasteiger partial charge in [-0.15, -0.1) is 0 Å². The molecule has 1 amide bonds. The van der Waals surface area contributed by atoms with Crippen LogP contribution in [0.3, 0.4) is 0 Å². The van der Waals surface area contributed by atoms with Crippen molar-refractivity contribution in [3.63, 3.8) is 0 Å². The van der Waals surface area contributed by atoms with Crippen LogP contribution in [0.1, 0.15) is 24.5 Å². The van der Waals surface area contributed by atoms with E-state index in [0.29, 0.717) is 6.42 Å². The van der Waals surface area contributed by atoms with Crippen molar-refractivity contribution in [3.8, 4) is 6.07 Å². The summed E-state index contributed by atoms with van der Waals surface area (Å²) < 4.78 is 5.04. The summed E-state index contributed by atoms with van der Waals surface area (Å²) in [7, 11) is 0. The largest absolute Gasteiger partial charge is 0.447 e. The third-order valence-corrected chi connectivity index (χ3v) is 3.64. The number of hydrogen-bond donors (Lipinski definition) is 1. The van der Waals surface area contributed by atoms with Gasteiger partial charge >= 0.3 is 6.09 Å². The van der Waals surface area contributed by atoms with Gasteiger partial charge in [-0.05, 0) is 18.1 Å². The minimum Gasteiger partial charge on any atom is -0.447 e. The molecule has 0 spiro atoms. The zero-order chi connectivity index (χ0) is 16.0. The predicted octanol–water partition coefficient (Wildman–Crippen LogP) is 3.37. The van der Waals surface area contributed by atoms with E-state index in [1.165, 1.54) is 0 Å². The molecule has 0 aliphatic rings. The Hall–Kier alpha value is -2.80. The molecule has 2 N–H and O–H groups in total. The van der Waals surface area contributed by atoms with Crippen molar-refractivity contribution in [1.82, 2.24) is 0 Å². The summed E-state index contributed by atoms with van der Waals surface area (Å²) in [6.07, 6.45) is -0.974. The summed E-state index contributed by atoms with van der Waals surface area (Å²) in [5, 5.41) is 9.94. The Bertz CT molecular complexity index is 623. The molecule has 2 aromatic carbocycles. The molecule has 0 unspecified atom stereocenters. The van der Waals surface area contributed by atoms with Crippen LogP contribution >= 0.6 is 0 Å². The number of primary amides is 1. The monoisotopic (exact) mass is 294 g/mol. The van der Waals surface area contributed by atoms with Gasteiger partial charge in [0, 0.05) is 6.42 Å². The molecule has 4 heteroatoms. The zero-order valence-electron chi connectivity index (χ0n) is 12.4. The highest BCUT2D eigenvalue weighted by Gasteiger charge is 2.36. The molecule has 0 aliphatic carbocycles. The molecule has 0 bridgehead atoms. The first kappa shape index (κ1) is 15.6. The van der Waals surface area contributed by atoms with Crippen molar-refractivity contribution in [1.29, 1.82) is 5.26 Å². The van der Waals surface area contributed by atoms with Gasteiger partial charge in [0.05, 0.1) is 6.07 Å². The third-order valence-electron chi connectivity index (χ3n) is 3.64. The van der Waals surface area contributed by atoms with E-state index in [-0.39, 0.29) is 0 Å². The Morgan fingerprint density at radius 3 is 1.95 bits per heavy atom. The van der Waals surface area contributed by atoms with E-state index in [1.807, 2.05) is 60.7 Å². The fourth-order valence-electron chi connectivity index (χ4n) is 2.69. The fraction of sp³-hybridized carbons (Fsp3) is 0.222. The molecule has 0 heterocycles. The van der Waals surface area contributed by atoms with Crippen LogP contribution in [0.15, 0.2) is 60.7 Å². The maximum Gasteiger partial charge on any atom is 0.404 e. The zero-order valence-corrected chi connectivity index (χ0v) is 12.4. The van der Waals surface area contributed by atoms with Gasteiger partial charge in [-0.3, -0.25) is 0 Å². The molecule has 112 valence electrons. The summed E-state index contributed by atoms with van der Waals surface area (Å²) in [5.74, 6) is 0. The molecular weight excluding hydrogens is 276 g/mol. The average molecular weight is 294 g/mol. The molecule has 0 aliphatic heterocycles. The van der Waals surface area contributed by atoms with Crippen LogP contribution in [-0.4, -0.2) is 12.2 Å². The van der Waals surface area contributed by atoms with Crippen molar-refractivity contribution in [3.05, 3.63) is 71.8 Å². The van der Waals surface area contributed by atoms with Crippen molar-refractivity contribution < 1.29 is 9.53 Å². The number of nitrogens with two attached hydrogens (primary N) is 1. The molecule has 4 nitrogen and oxygen atoms in total. The van der Waals surface area contributed by atoms with Gasteiger partial charge in [-0.2, -0.15) is 5.26 Å². The first-order chi connectivity index (χ1) is 10.6. The lowest BCUT2D eigenvalue weighted by molar-refractivity contribution is 0.104. The van der Waals surface area contributed by atoms with Crippen LogP contribution in [0, 0.1) is 11.3 Å². The molecule has 0 saturated heterocycles. The number of nitriles is 1. The number of carbonyl (C=O) groups is 1. The van der Waals surface area contributed by atoms with E-state index in [0.717, 1.165) is 11.1 Å². The van der Waals surface area contributed by atoms with Crippen molar-refractivity contribution in [2.24, 2.45) is 5.73 Å². The first-order valence-corrected chi connectivity index (χ1v) is 7.07. The molecule has 0 saturated carbocycles. The molecule has 1 atom stereocenters. The van der Waals surface area contributed by atoms with Crippen LogP contribution in [0.4, 0.5) is 4.79 Å². The second-order valence-corrected chi connectivity index (χ2v) is 5.20. The Balaban J connectivity index is 2.49. The van der Waals surface area contributed by atoms with Crippen molar-refractivity contribution >= 4 is 6.09 Å². The molecule has 2 aromatic rings. The van der Waals surface area contributed by atoms with Gasteiger partial charge < -0.3 is 10.5 Å². The van der Waals surface area contributed by atoms with Crippen molar-refractivity contribution in [2.75, 3.05) is 0 Å². The van der Waals surface area contributed by atoms with Gasteiger partial charge in [0.15, 0.2) is 0 Å². The first-order valence-electron chi connectivity index (χ1n) is 7.07. The summed E-state index contributed by atoms with van der Waals surface area (Å²) in [4.78, 5) is 11.0. The molecule has 0 radical (unpaired) electrons. The highest BCUT2D eigenvalue weighted by Crippen LogP contribution is 2.36. The predicted molar refractivity (Wildman–Crippen MR) is 84.0 cm³/mol. The van der Waals surface area contributed by atoms with Crippen LogP contribution in [0.5, 0.6) is 0 Å². The average Bonchev–Trinajstić information content (AvgIpc) is 2.53. The number of ether oxygens (including phenoxy) is 1. The van der Waals surface area contributed by atoms with Gasteiger partial charge in [-0.25, -0.2) is 4.79 Å². The van der Waals surface area contributed by atoms with Crippen LogP contribution in [0.25, 0.3) is 0 Å². The lowest BCUT2D eigenvalue weighted by atomic mass is 9.72. The standard InChI is InChI=1S/C18H18N2O2/c1-14(22-17(20)21)12-18(13-19,15-8-4-2-5-9-15)16-10-6-3-7-11-16/h2-11,14H,12H2,1H3,(H2,20,21)/t14-/m0/s1. The lowest BCUT2D eigenvalue weighted by Crippen LogP contribution is -2.33. The van der Waals surface area contributed by atoms with Gasteiger partial charge in [-0.1, -0.05) is 60.7 Å². The van der Waals surface area contributed by atoms with E-state index in [2.05, 4.69) is 6.07 Å². The molecule has 2 rings (SSSR count). The number of amides is 1. The number of rotatable bonds is 5. The Kier molecular flexibility index (Phi) is 4.80. The molecule has 0 fully saturated rings. The lowest BCUT2D eigenvalue weighted by Gasteiger charge is -2.30. The summed E-state index contributed by atoms with van der Waals surface area (Å²) >= 11 is 0. The second-order valence-electron chi connectivity index (χ2n) is 5.20. The van der Waals surface area contributed by atoms with Crippen molar-refractivity contribution in [2.45, 2.75) is 24.9 Å². The number of benzene rings is 2. The minimum absolute atomic E-state index is 0.334. The summed E-state index contributed by atoms with van der Waals surface area (Å²) in [6, 6.07) is 21.4. The quantitative estimate of drug-likeness (QED) is 0.918. The third kappa shape index (κ3) is 3.26. The van der Waals surface area contributed by atoms with Gasteiger partial charge in [0.2, 0.25) is 0 Å². The molecule has 22 heavy (non-hydrogen) atoms. The number of hydrogen-bond acceptors (Lipinski definition) is 3. The van der Waals surface area contributed by atoms with E-state index < -0.39 is 17.6 Å². The van der Waals surface area contributed by atoms with Crippen LogP contribution in [0.2, 0.25) is 0 Å². The van der Waals surface area contributed by atoms with Crippen LogP contribution in [-0.2, 0) is 10.2 Å². The fourth-order valence-corrected chi connectivity index (χ4v) is 2.69. The Morgan fingerprint density at radius 1 is 1.14 bits per heavy atom. The summed E-state index contributed by atoms with van der Waals surface area (Å²) in [5.41, 5.74) is 5.92. The van der Waals surface area contributed by atoms with E-state index in [4.69, 9.17) is 10.5 Å². The summed E-state index contributed by atoms with van der Waals surface area (Å²) in [6.45, 7) is 1.74. The second kappa shape index (κ2) is 6.77. The Morgan fingerprint density at radius 2 is 1.59 bits per heavy atom. The normalized spacial score (nSPS) is 12.2. The SMILES string of the molecule is C[C@@H](CC(C#N)(c1ccccc1)c1ccccc1)OC(N)=O. The topological polar surface area (TPSA) is 76.1 Å². The number of nitrogens with zero attached hydrogens (tertiary/aromatic N) is 1. The maximum absolute atomic E-state index is 11.0. The highest BCUT2D eigenvalue weighted by atomic mass is 16.6. The van der Waals surface area contributed by atoms with Gasteiger partial charge in [0.25, 0.3) is 0 Å². The van der Waals surface area contributed by atoms with Gasteiger partial charge in [0.1, 0.15) is 11.5 Å². The van der Waals surface area contributed by atoms with E-state index in [1.54, 1.807) is 6.92 Å². The maximum atomic E-state index is 11.0. The van der Waals surface area contributed by atoms with E-state index >= 15 is 0 Å². The Labute approximate surface area is 130 Å². The molecule has 0 aromatic heterocycles. The minimum atomic E-state index is -0.891. The van der Waals surface area contributed by atoms with Crippen LogP contribution < -0.4 is 5.73 Å².